The van der Waals surface area contributed by atoms with Crippen molar-refractivity contribution in [3.05, 3.63) is 133 Å². The molecule has 40 heavy (non-hydrogen) atoms. The van der Waals surface area contributed by atoms with Crippen molar-refractivity contribution in [3.8, 4) is 33.8 Å². The van der Waals surface area contributed by atoms with Gasteiger partial charge in [0, 0.05) is 34.4 Å². The first kappa shape index (κ1) is 22.6. The van der Waals surface area contributed by atoms with Crippen LogP contribution in [0.2, 0.25) is 0 Å². The van der Waals surface area contributed by atoms with Gasteiger partial charge in [-0.2, -0.15) is 0 Å². The molecule has 0 bridgehead atoms. The number of imidazole rings is 1. The second-order valence-electron chi connectivity index (χ2n) is 10.2. The molecule has 8 rings (SSSR count). The second-order valence-corrected chi connectivity index (χ2v) is 10.2. The van der Waals surface area contributed by atoms with Crippen molar-refractivity contribution < 1.29 is 0 Å². The number of benzene rings is 4. The molecule has 0 unspecified atom stereocenters. The Hall–Kier alpha value is -5.35. The number of para-hydroxylation sites is 1. The van der Waals surface area contributed by atoms with Crippen LogP contribution in [0, 0.1) is 6.92 Å². The molecule has 0 N–H and O–H groups in total. The first-order valence-electron chi connectivity index (χ1n) is 13.5. The van der Waals surface area contributed by atoms with Crippen LogP contribution in [0.1, 0.15) is 5.69 Å². The third-order valence-electron chi connectivity index (χ3n) is 7.86. The van der Waals surface area contributed by atoms with Crippen molar-refractivity contribution in [1.82, 2.24) is 19.4 Å². The largest absolute Gasteiger partial charge is 0.296 e. The number of aryl methyl sites for hydroxylation is 1. The summed E-state index contributed by atoms with van der Waals surface area (Å²) in [5.74, 6) is 0. The van der Waals surface area contributed by atoms with Gasteiger partial charge in [-0.05, 0) is 82.7 Å². The lowest BCUT2D eigenvalue weighted by atomic mass is 9.97. The van der Waals surface area contributed by atoms with Crippen molar-refractivity contribution in [3.63, 3.8) is 0 Å². The zero-order chi connectivity index (χ0) is 26.6. The summed E-state index contributed by atoms with van der Waals surface area (Å²) in [6.07, 6.45) is 3.62. The van der Waals surface area contributed by atoms with Crippen LogP contribution in [0.5, 0.6) is 0 Å². The van der Waals surface area contributed by atoms with Crippen molar-refractivity contribution >= 4 is 38.1 Å². The standard InChI is InChI=1S/C36H24N4/c1-23-34(30-12-8-20-38-35(30)32-13-6-7-19-37-32)39-36-29-18-17-27(26-16-15-24-9-2-3-10-25(24)21-26)22-31(29)28-11-4-5-14-33(28)40(23)36/h2-22H,1H3. The molecule has 188 valence electrons. The molecule has 4 nitrogen and oxygen atoms in total. The number of hydrogen-bond acceptors (Lipinski definition) is 3. The van der Waals surface area contributed by atoms with Crippen LogP contribution in [0.15, 0.2) is 128 Å². The Labute approximate surface area is 231 Å². The van der Waals surface area contributed by atoms with Gasteiger partial charge in [0.15, 0.2) is 0 Å². The Morgan fingerprint density at radius 2 is 1.32 bits per heavy atom. The maximum atomic E-state index is 5.29. The van der Waals surface area contributed by atoms with Crippen molar-refractivity contribution in [2.45, 2.75) is 6.92 Å². The van der Waals surface area contributed by atoms with Gasteiger partial charge in [0.1, 0.15) is 5.65 Å². The molecular formula is C36H24N4. The van der Waals surface area contributed by atoms with E-state index in [1.807, 2.05) is 30.5 Å². The molecule has 0 spiro atoms. The van der Waals surface area contributed by atoms with Crippen LogP contribution in [0.4, 0.5) is 0 Å². The van der Waals surface area contributed by atoms with Crippen molar-refractivity contribution in [1.29, 1.82) is 0 Å². The van der Waals surface area contributed by atoms with E-state index in [-0.39, 0.29) is 0 Å². The highest BCUT2D eigenvalue weighted by atomic mass is 15.0. The van der Waals surface area contributed by atoms with E-state index < -0.39 is 0 Å². The summed E-state index contributed by atoms with van der Waals surface area (Å²) in [7, 11) is 0. The summed E-state index contributed by atoms with van der Waals surface area (Å²) >= 11 is 0. The highest BCUT2D eigenvalue weighted by Gasteiger charge is 2.20. The highest BCUT2D eigenvalue weighted by Crippen LogP contribution is 2.38. The Balaban J connectivity index is 1.40. The van der Waals surface area contributed by atoms with Gasteiger partial charge in [0.2, 0.25) is 0 Å². The monoisotopic (exact) mass is 512 g/mol. The van der Waals surface area contributed by atoms with Gasteiger partial charge in [-0.1, -0.05) is 66.7 Å². The van der Waals surface area contributed by atoms with Gasteiger partial charge in [-0.25, -0.2) is 4.98 Å². The molecule has 0 aliphatic carbocycles. The maximum absolute atomic E-state index is 5.29. The fraction of sp³-hybridized carbons (Fsp3) is 0.0278. The topological polar surface area (TPSA) is 43.1 Å². The Morgan fingerprint density at radius 3 is 2.23 bits per heavy atom. The Kier molecular flexibility index (Phi) is 5.01. The normalized spacial score (nSPS) is 11.6. The van der Waals surface area contributed by atoms with Crippen molar-refractivity contribution in [2.24, 2.45) is 0 Å². The van der Waals surface area contributed by atoms with Crippen molar-refractivity contribution in [2.75, 3.05) is 0 Å². The maximum Gasteiger partial charge on any atom is 0.146 e. The molecule has 4 heterocycles. The quantitative estimate of drug-likeness (QED) is 0.222. The van der Waals surface area contributed by atoms with E-state index in [0.29, 0.717) is 0 Å². The predicted octanol–water partition coefficient (Wildman–Crippen LogP) is 8.89. The van der Waals surface area contributed by atoms with E-state index in [2.05, 4.69) is 107 Å². The summed E-state index contributed by atoms with van der Waals surface area (Å²) in [5, 5.41) is 6.02. The lowest BCUT2D eigenvalue weighted by Crippen LogP contribution is -1.94. The minimum absolute atomic E-state index is 0.835. The van der Waals surface area contributed by atoms with Gasteiger partial charge < -0.3 is 0 Å². The molecule has 0 fully saturated rings. The van der Waals surface area contributed by atoms with Gasteiger partial charge in [-0.15, -0.1) is 0 Å². The summed E-state index contributed by atoms with van der Waals surface area (Å²) in [6, 6.07) is 40.5. The average Bonchev–Trinajstić information content (AvgIpc) is 3.38. The molecule has 0 aliphatic rings. The number of hydrogen-bond donors (Lipinski definition) is 0. The Morgan fingerprint density at radius 1 is 0.550 bits per heavy atom. The third kappa shape index (κ3) is 3.43. The summed E-state index contributed by atoms with van der Waals surface area (Å²) in [6.45, 7) is 2.15. The molecule has 4 heteroatoms. The number of nitrogens with zero attached hydrogens (tertiary/aromatic N) is 4. The number of rotatable bonds is 3. The summed E-state index contributed by atoms with van der Waals surface area (Å²) < 4.78 is 2.29. The molecule has 0 radical (unpaired) electrons. The predicted molar refractivity (Wildman–Crippen MR) is 164 cm³/mol. The molecule has 0 amide bonds. The van der Waals surface area contributed by atoms with Crippen LogP contribution < -0.4 is 0 Å². The lowest BCUT2D eigenvalue weighted by Gasteiger charge is -2.12. The van der Waals surface area contributed by atoms with Gasteiger partial charge in [0.05, 0.1) is 22.6 Å². The molecule has 4 aromatic carbocycles. The minimum atomic E-state index is 0.835. The Bertz CT molecular complexity index is 2230. The molecule has 0 saturated heterocycles. The number of pyridine rings is 3. The number of fused-ring (bicyclic) bond motifs is 7. The van der Waals surface area contributed by atoms with Gasteiger partial charge in [-0.3, -0.25) is 14.4 Å². The molecule has 4 aromatic heterocycles. The molecule has 8 aromatic rings. The van der Waals surface area contributed by atoms with Crippen LogP contribution in [-0.2, 0) is 0 Å². The first-order chi connectivity index (χ1) is 19.8. The van der Waals surface area contributed by atoms with Crippen LogP contribution >= 0.6 is 0 Å². The highest BCUT2D eigenvalue weighted by molar-refractivity contribution is 6.13. The van der Waals surface area contributed by atoms with E-state index in [1.54, 1.807) is 6.20 Å². The average molecular weight is 513 g/mol. The molecule has 0 atom stereocenters. The fourth-order valence-corrected chi connectivity index (χ4v) is 5.94. The summed E-state index contributed by atoms with van der Waals surface area (Å²) in [5.41, 5.74) is 9.14. The van der Waals surface area contributed by atoms with E-state index in [1.165, 1.54) is 32.7 Å². The van der Waals surface area contributed by atoms with Gasteiger partial charge >= 0.3 is 0 Å². The van der Waals surface area contributed by atoms with Crippen LogP contribution in [0.25, 0.3) is 71.9 Å². The SMILES string of the molecule is Cc1c(-c2cccnc2-c2ccccn2)nc2c3ccc(-c4ccc5ccccc5c4)cc3c3ccccc3n12. The van der Waals surface area contributed by atoms with E-state index in [0.717, 1.165) is 44.9 Å². The van der Waals surface area contributed by atoms with Crippen LogP contribution in [-0.4, -0.2) is 19.4 Å². The third-order valence-corrected chi connectivity index (χ3v) is 7.86. The molecule has 0 saturated carbocycles. The molecule has 0 aliphatic heterocycles. The van der Waals surface area contributed by atoms with Crippen LogP contribution in [0.3, 0.4) is 0 Å². The zero-order valence-electron chi connectivity index (χ0n) is 21.9. The van der Waals surface area contributed by atoms with E-state index >= 15 is 0 Å². The second kappa shape index (κ2) is 8.85. The van der Waals surface area contributed by atoms with Gasteiger partial charge in [0.25, 0.3) is 0 Å². The minimum Gasteiger partial charge on any atom is -0.296 e. The fourth-order valence-electron chi connectivity index (χ4n) is 5.94. The number of aromatic nitrogens is 4. The smallest absolute Gasteiger partial charge is 0.146 e. The van der Waals surface area contributed by atoms with E-state index in [4.69, 9.17) is 9.97 Å². The summed E-state index contributed by atoms with van der Waals surface area (Å²) in [4.78, 5) is 14.6. The first-order valence-corrected chi connectivity index (χ1v) is 13.5. The molecular weight excluding hydrogens is 488 g/mol. The van der Waals surface area contributed by atoms with E-state index in [9.17, 15) is 0 Å². The zero-order valence-corrected chi connectivity index (χ0v) is 21.9. The lowest BCUT2D eigenvalue weighted by molar-refractivity contribution is 1.17.